The Hall–Kier alpha value is -0.285. The molecule has 1 N–H and O–H groups in total. The Morgan fingerprint density at radius 3 is 2.59 bits per heavy atom. The fraction of sp³-hybridized carbons (Fsp3) is 0.727. The van der Waals surface area contributed by atoms with E-state index in [9.17, 15) is 0 Å². The molecule has 0 saturated heterocycles. The van der Waals surface area contributed by atoms with Gasteiger partial charge in [-0.3, -0.25) is 0 Å². The van der Waals surface area contributed by atoms with Crippen molar-refractivity contribution < 1.29 is 4.52 Å². The van der Waals surface area contributed by atoms with Gasteiger partial charge in [-0.15, -0.1) is 12.4 Å². The fourth-order valence-corrected chi connectivity index (χ4v) is 2.83. The van der Waals surface area contributed by atoms with Crippen LogP contribution in [0.1, 0.15) is 25.0 Å². The normalized spacial score (nSPS) is 17.1. The Labute approximate surface area is 112 Å². The average Bonchev–Trinajstić information content (AvgIpc) is 2.44. The van der Waals surface area contributed by atoms with Gasteiger partial charge in [0.2, 0.25) is 0 Å². The Kier molecular flexibility index (Phi) is 4.84. The number of nitrogens with zero attached hydrogens (tertiary/aromatic N) is 1. The van der Waals surface area contributed by atoms with Crippen molar-refractivity contribution in [1.82, 2.24) is 5.16 Å². The minimum atomic E-state index is -1.32. The molecule has 0 bridgehead atoms. The topological polar surface area (TPSA) is 38.1 Å². The van der Waals surface area contributed by atoms with Crippen molar-refractivity contribution in [2.24, 2.45) is 5.92 Å². The largest absolute Gasteiger partial charge is 0.380 e. The molecule has 1 aliphatic carbocycles. The fourth-order valence-electron chi connectivity index (χ4n) is 1.85. The number of rotatable bonds is 4. The zero-order valence-electron chi connectivity index (χ0n) is 10.7. The summed E-state index contributed by atoms with van der Waals surface area (Å²) < 4.78 is 5.23. The molecule has 1 fully saturated rings. The van der Waals surface area contributed by atoms with Gasteiger partial charge in [0.1, 0.15) is 17.8 Å². The van der Waals surface area contributed by atoms with Gasteiger partial charge in [-0.2, -0.15) is 0 Å². The van der Waals surface area contributed by atoms with E-state index < -0.39 is 9.88 Å². The molecule has 17 heavy (non-hydrogen) atoms. The standard InChI is InChI=1S/C11H19BN2OS.ClH/c1-8-10(13-7-9-5-4-6-9)11(14-15-8)16(2,3)12;/h9,13H,4-7H2,1-3H3;1H. The van der Waals surface area contributed by atoms with E-state index in [1.807, 2.05) is 19.4 Å². The summed E-state index contributed by atoms with van der Waals surface area (Å²) in [7, 11) is 4.83. The van der Waals surface area contributed by atoms with Gasteiger partial charge in [-0.05, 0) is 38.2 Å². The zero-order valence-corrected chi connectivity index (χ0v) is 12.3. The molecule has 0 aliphatic heterocycles. The zero-order chi connectivity index (χ0) is 11.8. The molecule has 2 radical (unpaired) electrons. The minimum absolute atomic E-state index is 0. The van der Waals surface area contributed by atoms with E-state index in [1.165, 1.54) is 19.3 Å². The second kappa shape index (κ2) is 5.57. The lowest BCUT2D eigenvalue weighted by molar-refractivity contribution is 0.333. The van der Waals surface area contributed by atoms with Gasteiger partial charge in [-0.1, -0.05) is 11.6 Å². The van der Waals surface area contributed by atoms with Crippen LogP contribution in [-0.2, 0) is 0 Å². The molecular formula is C11H20BClN2OS. The molecule has 96 valence electrons. The first kappa shape index (κ1) is 14.8. The van der Waals surface area contributed by atoms with Crippen molar-refractivity contribution in [3.05, 3.63) is 5.76 Å². The van der Waals surface area contributed by atoms with Gasteiger partial charge in [0.25, 0.3) is 0 Å². The van der Waals surface area contributed by atoms with Crippen molar-refractivity contribution in [2.75, 3.05) is 24.4 Å². The monoisotopic (exact) mass is 274 g/mol. The maximum Gasteiger partial charge on any atom is 0.157 e. The van der Waals surface area contributed by atoms with E-state index >= 15 is 0 Å². The number of nitrogens with one attached hydrogen (secondary N) is 1. The molecule has 2 rings (SSSR count). The van der Waals surface area contributed by atoms with Crippen molar-refractivity contribution in [1.29, 1.82) is 0 Å². The predicted molar refractivity (Wildman–Crippen MR) is 77.8 cm³/mol. The van der Waals surface area contributed by atoms with E-state index in [0.717, 1.165) is 28.9 Å². The number of hydrogen-bond donors (Lipinski definition) is 1. The Balaban J connectivity index is 0.00000144. The maximum atomic E-state index is 6.14. The van der Waals surface area contributed by atoms with Gasteiger partial charge in [-0.25, -0.2) is 9.88 Å². The van der Waals surface area contributed by atoms with E-state index in [4.69, 9.17) is 11.6 Å². The summed E-state index contributed by atoms with van der Waals surface area (Å²) in [6, 6.07) is 0. The van der Waals surface area contributed by atoms with Crippen LogP contribution in [0.2, 0.25) is 0 Å². The maximum absolute atomic E-state index is 6.14. The van der Waals surface area contributed by atoms with Gasteiger partial charge in [0.15, 0.2) is 5.76 Å². The lowest BCUT2D eigenvalue weighted by Gasteiger charge is -2.28. The minimum Gasteiger partial charge on any atom is -0.380 e. The Bertz CT molecular complexity index is 374. The van der Waals surface area contributed by atoms with Gasteiger partial charge in [0, 0.05) is 6.54 Å². The molecule has 1 aromatic heterocycles. The van der Waals surface area contributed by atoms with Gasteiger partial charge < -0.3 is 9.84 Å². The first-order valence-electron chi connectivity index (χ1n) is 5.69. The Morgan fingerprint density at radius 2 is 2.12 bits per heavy atom. The van der Waals surface area contributed by atoms with Crippen molar-refractivity contribution >= 4 is 35.1 Å². The van der Waals surface area contributed by atoms with Crippen molar-refractivity contribution in [2.45, 2.75) is 31.2 Å². The highest BCUT2D eigenvalue weighted by Gasteiger charge is 2.23. The summed E-state index contributed by atoms with van der Waals surface area (Å²) in [4.78, 5) is 0. The van der Waals surface area contributed by atoms with Crippen LogP contribution in [0.3, 0.4) is 0 Å². The number of aryl methyl sites for hydroxylation is 1. The average molecular weight is 275 g/mol. The molecule has 0 unspecified atom stereocenters. The van der Waals surface area contributed by atoms with E-state index in [2.05, 4.69) is 10.5 Å². The third kappa shape index (κ3) is 3.35. The molecular weight excluding hydrogens is 254 g/mol. The molecule has 1 aromatic rings. The van der Waals surface area contributed by atoms with Crippen LogP contribution < -0.4 is 5.32 Å². The molecule has 1 heterocycles. The van der Waals surface area contributed by atoms with Crippen molar-refractivity contribution in [3.63, 3.8) is 0 Å². The second-order valence-corrected chi connectivity index (χ2v) is 8.20. The van der Waals surface area contributed by atoms with Crippen LogP contribution in [0, 0.1) is 12.8 Å². The number of halogens is 1. The molecule has 0 atom stereocenters. The highest BCUT2D eigenvalue weighted by Crippen LogP contribution is 2.48. The number of aromatic nitrogens is 1. The van der Waals surface area contributed by atoms with Crippen molar-refractivity contribution in [3.8, 4) is 0 Å². The molecule has 6 heteroatoms. The van der Waals surface area contributed by atoms with Crippen LogP contribution in [0.15, 0.2) is 9.55 Å². The summed E-state index contributed by atoms with van der Waals surface area (Å²) in [5.41, 5.74) is 1.02. The summed E-state index contributed by atoms with van der Waals surface area (Å²) in [6.45, 7) is 2.95. The Morgan fingerprint density at radius 1 is 1.47 bits per heavy atom. The SMILES string of the molecule is Cl.[B]S(C)(C)c1noc(C)c1NCC1CCC1. The third-order valence-electron chi connectivity index (χ3n) is 3.12. The number of hydrogen-bond acceptors (Lipinski definition) is 3. The molecule has 3 nitrogen and oxygen atoms in total. The highest BCUT2D eigenvalue weighted by molar-refractivity contribution is 8.49. The summed E-state index contributed by atoms with van der Waals surface area (Å²) in [6.07, 6.45) is 8.10. The lowest BCUT2D eigenvalue weighted by Crippen LogP contribution is -2.21. The third-order valence-corrected chi connectivity index (χ3v) is 4.40. The van der Waals surface area contributed by atoms with Crippen LogP contribution in [0.5, 0.6) is 0 Å². The number of anilines is 1. The van der Waals surface area contributed by atoms with E-state index in [-0.39, 0.29) is 12.4 Å². The predicted octanol–water partition coefficient (Wildman–Crippen LogP) is 3.12. The van der Waals surface area contributed by atoms with Crippen LogP contribution in [0.4, 0.5) is 5.69 Å². The lowest BCUT2D eigenvalue weighted by atomic mass is 9.85. The van der Waals surface area contributed by atoms with Crippen LogP contribution in [-0.4, -0.2) is 31.3 Å². The molecule has 0 amide bonds. The summed E-state index contributed by atoms with van der Waals surface area (Å²) in [5.74, 6) is 1.67. The van der Waals surface area contributed by atoms with Crippen LogP contribution >= 0.6 is 22.3 Å². The highest BCUT2D eigenvalue weighted by atomic mass is 35.5. The van der Waals surface area contributed by atoms with Gasteiger partial charge in [0.05, 0.1) is 0 Å². The molecule has 1 saturated carbocycles. The van der Waals surface area contributed by atoms with Crippen LogP contribution in [0.25, 0.3) is 0 Å². The van der Waals surface area contributed by atoms with E-state index in [0.29, 0.717) is 0 Å². The smallest absolute Gasteiger partial charge is 0.157 e. The first-order valence-corrected chi connectivity index (χ1v) is 8.21. The van der Waals surface area contributed by atoms with E-state index in [1.54, 1.807) is 0 Å². The molecule has 0 aromatic carbocycles. The first-order chi connectivity index (χ1) is 7.48. The summed E-state index contributed by atoms with van der Waals surface area (Å²) >= 11 is 0. The summed E-state index contributed by atoms with van der Waals surface area (Å²) in [5, 5.41) is 8.44. The quantitative estimate of drug-likeness (QED) is 0.857. The van der Waals surface area contributed by atoms with Gasteiger partial charge >= 0.3 is 0 Å². The molecule has 1 aliphatic rings. The molecule has 0 spiro atoms. The second-order valence-electron chi connectivity index (χ2n) is 5.00.